The van der Waals surface area contributed by atoms with E-state index in [1.54, 1.807) is 0 Å². The van der Waals surface area contributed by atoms with E-state index in [0.717, 1.165) is 6.08 Å². The van der Waals surface area contributed by atoms with Crippen molar-refractivity contribution in [3.63, 3.8) is 0 Å². The number of hydrogen-bond acceptors (Lipinski definition) is 8. The minimum atomic E-state index is -1.97. The molecule has 0 rings (SSSR count). The van der Waals surface area contributed by atoms with Crippen molar-refractivity contribution in [2.75, 3.05) is 6.61 Å². The van der Waals surface area contributed by atoms with Gasteiger partial charge in [-0.25, -0.2) is 4.79 Å². The number of aliphatic imine (C=N–C) groups is 1. The lowest BCUT2D eigenvalue weighted by Crippen LogP contribution is -2.49. The molecule has 8 heteroatoms. The topological polar surface area (TPSA) is 151 Å². The van der Waals surface area contributed by atoms with Crippen molar-refractivity contribution in [2.45, 2.75) is 30.6 Å². The maximum Gasteiger partial charge on any atom is 0.237 e. The highest BCUT2D eigenvalue weighted by Gasteiger charge is 2.33. The Morgan fingerprint density at radius 3 is 1.93 bits per heavy atom. The molecule has 0 aromatic heterocycles. The first kappa shape index (κ1) is 14.1. The van der Waals surface area contributed by atoms with Crippen molar-refractivity contribution in [3.05, 3.63) is 0 Å². The quantitative estimate of drug-likeness (QED) is 0.199. The minimum Gasteiger partial charge on any atom is -0.394 e. The molecule has 0 saturated heterocycles. The SMILES string of the molecule is O=C=NC(O)[C@H](O)[C@H](O)[C@H](O)[C@@H](O)CO. The van der Waals surface area contributed by atoms with Gasteiger partial charge in [-0.2, -0.15) is 4.99 Å². The van der Waals surface area contributed by atoms with E-state index in [1.807, 2.05) is 0 Å². The molecule has 6 N–H and O–H groups in total. The second kappa shape index (κ2) is 6.59. The van der Waals surface area contributed by atoms with Crippen LogP contribution in [0, 0.1) is 0 Å². The Kier molecular flexibility index (Phi) is 6.21. The van der Waals surface area contributed by atoms with Crippen LogP contribution in [-0.4, -0.2) is 74.0 Å². The zero-order valence-electron chi connectivity index (χ0n) is 7.63. The summed E-state index contributed by atoms with van der Waals surface area (Å²) in [5.74, 6) is 0. The van der Waals surface area contributed by atoms with Gasteiger partial charge in [0.25, 0.3) is 0 Å². The fourth-order valence-electron chi connectivity index (χ4n) is 0.844. The molecule has 0 aliphatic carbocycles. The van der Waals surface area contributed by atoms with Gasteiger partial charge in [-0.3, -0.25) is 0 Å². The van der Waals surface area contributed by atoms with Gasteiger partial charge in [-0.15, -0.1) is 0 Å². The van der Waals surface area contributed by atoms with Crippen molar-refractivity contribution in [3.8, 4) is 0 Å². The molecule has 0 spiro atoms. The van der Waals surface area contributed by atoms with Gasteiger partial charge in [0.05, 0.1) is 6.61 Å². The van der Waals surface area contributed by atoms with E-state index in [1.165, 1.54) is 0 Å². The monoisotopic (exact) mass is 223 g/mol. The third-order valence-electron chi connectivity index (χ3n) is 1.77. The fourth-order valence-corrected chi connectivity index (χ4v) is 0.844. The van der Waals surface area contributed by atoms with Crippen LogP contribution in [0.1, 0.15) is 0 Å². The molecule has 0 aromatic rings. The van der Waals surface area contributed by atoms with Crippen LogP contribution in [0.5, 0.6) is 0 Å². The van der Waals surface area contributed by atoms with Crippen LogP contribution in [0.3, 0.4) is 0 Å². The standard InChI is InChI=1S/C7H13NO7/c9-1-3(11)4(12)5(13)6(14)7(15)8-2-10/h3-7,9,11-15H,1H2/t3-,4+,5+,6+,7?/m0/s1. The predicted octanol–water partition coefficient (Wildman–Crippen LogP) is -3.92. The Hall–Kier alpha value is -0.860. The molecule has 0 radical (unpaired) electrons. The molecule has 0 aromatic carbocycles. The normalized spacial score (nSPS) is 20.9. The predicted molar refractivity (Wildman–Crippen MR) is 45.2 cm³/mol. The smallest absolute Gasteiger partial charge is 0.237 e. The summed E-state index contributed by atoms with van der Waals surface area (Å²) in [4.78, 5) is 12.4. The van der Waals surface area contributed by atoms with Crippen molar-refractivity contribution in [1.82, 2.24) is 0 Å². The van der Waals surface area contributed by atoms with Gasteiger partial charge in [0.1, 0.15) is 24.4 Å². The van der Waals surface area contributed by atoms with E-state index in [-0.39, 0.29) is 0 Å². The molecule has 0 amide bonds. The Bertz CT molecular complexity index is 229. The first-order valence-electron chi connectivity index (χ1n) is 4.03. The van der Waals surface area contributed by atoms with Crippen molar-refractivity contribution in [2.24, 2.45) is 4.99 Å². The average Bonchev–Trinajstić information content (AvgIpc) is 2.25. The summed E-state index contributed by atoms with van der Waals surface area (Å²) in [6.45, 7) is -0.835. The third-order valence-corrected chi connectivity index (χ3v) is 1.77. The summed E-state index contributed by atoms with van der Waals surface area (Å²) in [6, 6.07) is 0. The Labute approximate surface area is 84.8 Å². The summed E-state index contributed by atoms with van der Waals surface area (Å²) in [6.07, 6.45) is -8.50. The van der Waals surface area contributed by atoms with Crippen molar-refractivity contribution < 1.29 is 35.4 Å². The van der Waals surface area contributed by atoms with E-state index in [4.69, 9.17) is 30.6 Å². The number of hydrogen-bond donors (Lipinski definition) is 6. The first-order valence-corrected chi connectivity index (χ1v) is 4.03. The first-order chi connectivity index (χ1) is 6.95. The van der Waals surface area contributed by atoms with Crippen LogP contribution in [0.4, 0.5) is 0 Å². The number of isocyanates is 1. The molecule has 0 heterocycles. The van der Waals surface area contributed by atoms with E-state index in [2.05, 4.69) is 4.99 Å². The zero-order chi connectivity index (χ0) is 12.0. The average molecular weight is 223 g/mol. The van der Waals surface area contributed by atoms with Crippen LogP contribution in [0.25, 0.3) is 0 Å². The Balaban J connectivity index is 4.41. The minimum absolute atomic E-state index is 0.835. The van der Waals surface area contributed by atoms with Crippen molar-refractivity contribution >= 4 is 6.08 Å². The zero-order valence-corrected chi connectivity index (χ0v) is 7.63. The number of aliphatic hydroxyl groups is 6. The molecule has 1 unspecified atom stereocenters. The van der Waals surface area contributed by atoms with Crippen LogP contribution >= 0.6 is 0 Å². The molecule has 0 fully saturated rings. The van der Waals surface area contributed by atoms with E-state index >= 15 is 0 Å². The van der Waals surface area contributed by atoms with Gasteiger partial charge >= 0.3 is 0 Å². The Morgan fingerprint density at radius 1 is 1.00 bits per heavy atom. The van der Waals surface area contributed by atoms with E-state index in [0.29, 0.717) is 0 Å². The second-order valence-corrected chi connectivity index (χ2v) is 2.86. The molecule has 15 heavy (non-hydrogen) atoms. The lowest BCUT2D eigenvalue weighted by molar-refractivity contribution is -0.138. The summed E-state index contributed by atoms with van der Waals surface area (Å²) in [7, 11) is 0. The highest BCUT2D eigenvalue weighted by molar-refractivity contribution is 5.33. The molecule has 5 atom stereocenters. The summed E-state index contributed by atoms with van der Waals surface area (Å²) in [5.41, 5.74) is 0. The van der Waals surface area contributed by atoms with Crippen LogP contribution in [-0.2, 0) is 4.79 Å². The molecular formula is C7H13NO7. The van der Waals surface area contributed by atoms with Gasteiger partial charge < -0.3 is 30.6 Å². The van der Waals surface area contributed by atoms with Gasteiger partial charge in [0.15, 0.2) is 6.23 Å². The fraction of sp³-hybridized carbons (Fsp3) is 0.857. The third kappa shape index (κ3) is 4.02. The van der Waals surface area contributed by atoms with Crippen LogP contribution < -0.4 is 0 Å². The van der Waals surface area contributed by atoms with Crippen LogP contribution in [0.2, 0.25) is 0 Å². The highest BCUT2D eigenvalue weighted by Crippen LogP contribution is 2.08. The van der Waals surface area contributed by atoms with Crippen LogP contribution in [0.15, 0.2) is 4.99 Å². The number of carbonyl (C=O) groups excluding carboxylic acids is 1. The highest BCUT2D eigenvalue weighted by atomic mass is 16.4. The van der Waals surface area contributed by atoms with E-state index < -0.39 is 37.3 Å². The molecule has 0 saturated carbocycles. The van der Waals surface area contributed by atoms with Gasteiger partial charge in [-0.1, -0.05) is 0 Å². The van der Waals surface area contributed by atoms with E-state index in [9.17, 15) is 4.79 Å². The number of nitrogens with zero attached hydrogens (tertiary/aromatic N) is 1. The van der Waals surface area contributed by atoms with Gasteiger partial charge in [0, 0.05) is 0 Å². The maximum atomic E-state index is 9.71. The number of rotatable bonds is 6. The molecule has 0 bridgehead atoms. The van der Waals surface area contributed by atoms with Crippen molar-refractivity contribution in [1.29, 1.82) is 0 Å². The summed E-state index contributed by atoms with van der Waals surface area (Å²) < 4.78 is 0. The van der Waals surface area contributed by atoms with Gasteiger partial charge in [-0.05, 0) is 0 Å². The largest absolute Gasteiger partial charge is 0.394 e. The summed E-state index contributed by atoms with van der Waals surface area (Å²) >= 11 is 0. The molecule has 88 valence electrons. The summed E-state index contributed by atoms with van der Waals surface area (Å²) in [5, 5.41) is 53.6. The molecule has 0 aliphatic rings. The maximum absolute atomic E-state index is 9.71. The lowest BCUT2D eigenvalue weighted by Gasteiger charge is -2.26. The number of aliphatic hydroxyl groups excluding tert-OH is 6. The lowest BCUT2D eigenvalue weighted by atomic mass is 10.0. The molecule has 0 aliphatic heterocycles. The Morgan fingerprint density at radius 2 is 1.53 bits per heavy atom. The second-order valence-electron chi connectivity index (χ2n) is 2.86. The van der Waals surface area contributed by atoms with Gasteiger partial charge in [0.2, 0.25) is 6.08 Å². The molecular weight excluding hydrogens is 210 g/mol. The molecule has 8 nitrogen and oxygen atoms in total.